The zero-order valence-electron chi connectivity index (χ0n) is 13.3. The van der Waals surface area contributed by atoms with Gasteiger partial charge in [0.25, 0.3) is 0 Å². The summed E-state index contributed by atoms with van der Waals surface area (Å²) in [5.41, 5.74) is 5.57. The second-order valence-electron chi connectivity index (χ2n) is 6.18. The second-order valence-corrected chi connectivity index (χ2v) is 6.18. The van der Waals surface area contributed by atoms with Crippen molar-refractivity contribution in [3.63, 3.8) is 0 Å². The van der Waals surface area contributed by atoms with Gasteiger partial charge in [0.1, 0.15) is 0 Å². The van der Waals surface area contributed by atoms with Crippen LogP contribution < -0.4 is 5.32 Å². The maximum Gasteiger partial charge on any atom is 0.0594 e. The molecule has 0 saturated heterocycles. The molecule has 20 heavy (non-hydrogen) atoms. The first kappa shape index (κ1) is 15.5. The lowest BCUT2D eigenvalue weighted by Gasteiger charge is -2.22. The molecule has 112 valence electrons. The van der Waals surface area contributed by atoms with Crippen LogP contribution in [-0.2, 0) is 11.3 Å². The van der Waals surface area contributed by atoms with Gasteiger partial charge in [0, 0.05) is 13.1 Å². The molecular formula is C18H29NO. The fourth-order valence-corrected chi connectivity index (χ4v) is 3.23. The minimum atomic E-state index is 0.522. The minimum absolute atomic E-state index is 0.522. The number of aryl methyl sites for hydroxylation is 3. The molecule has 1 aromatic carbocycles. The summed E-state index contributed by atoms with van der Waals surface area (Å²) < 4.78 is 5.94. The Labute approximate surface area is 123 Å². The molecule has 2 heteroatoms. The third-order valence-electron chi connectivity index (χ3n) is 4.33. The van der Waals surface area contributed by atoms with Gasteiger partial charge < -0.3 is 10.1 Å². The largest absolute Gasteiger partial charge is 0.377 e. The van der Waals surface area contributed by atoms with E-state index in [9.17, 15) is 0 Å². The van der Waals surface area contributed by atoms with Crippen molar-refractivity contribution in [2.75, 3.05) is 13.2 Å². The SMILES string of the molecule is Cc1cc(C)c(CNCCOC2CCCCC2)c(C)c1. The van der Waals surface area contributed by atoms with E-state index in [2.05, 4.69) is 38.2 Å². The van der Waals surface area contributed by atoms with Gasteiger partial charge in [-0.3, -0.25) is 0 Å². The van der Waals surface area contributed by atoms with Crippen molar-refractivity contribution in [1.29, 1.82) is 0 Å². The van der Waals surface area contributed by atoms with Crippen LogP contribution in [0.25, 0.3) is 0 Å². The lowest BCUT2D eigenvalue weighted by molar-refractivity contribution is 0.0302. The maximum absolute atomic E-state index is 5.94. The summed E-state index contributed by atoms with van der Waals surface area (Å²) in [7, 11) is 0. The summed E-state index contributed by atoms with van der Waals surface area (Å²) in [6.45, 7) is 9.31. The zero-order chi connectivity index (χ0) is 14.4. The molecule has 0 spiro atoms. The molecular weight excluding hydrogens is 246 g/mol. The Morgan fingerprint density at radius 3 is 2.35 bits per heavy atom. The highest BCUT2D eigenvalue weighted by molar-refractivity contribution is 5.37. The number of hydrogen-bond donors (Lipinski definition) is 1. The Balaban J connectivity index is 1.68. The molecule has 1 N–H and O–H groups in total. The van der Waals surface area contributed by atoms with Crippen LogP contribution in [0, 0.1) is 20.8 Å². The van der Waals surface area contributed by atoms with Crippen molar-refractivity contribution in [3.8, 4) is 0 Å². The van der Waals surface area contributed by atoms with Crippen molar-refractivity contribution in [3.05, 3.63) is 34.4 Å². The van der Waals surface area contributed by atoms with Gasteiger partial charge in [-0.1, -0.05) is 37.0 Å². The Kier molecular flexibility index (Phi) is 6.06. The molecule has 1 fully saturated rings. The van der Waals surface area contributed by atoms with E-state index >= 15 is 0 Å². The Hall–Kier alpha value is -0.860. The van der Waals surface area contributed by atoms with E-state index in [1.807, 2.05) is 0 Å². The summed E-state index contributed by atoms with van der Waals surface area (Å²) >= 11 is 0. The molecule has 2 rings (SSSR count). The van der Waals surface area contributed by atoms with Gasteiger partial charge in [0.05, 0.1) is 12.7 Å². The molecule has 1 aromatic rings. The van der Waals surface area contributed by atoms with Gasteiger partial charge in [-0.15, -0.1) is 0 Å². The van der Waals surface area contributed by atoms with Crippen molar-refractivity contribution in [2.45, 2.75) is 65.5 Å². The number of benzene rings is 1. The highest BCUT2D eigenvalue weighted by Gasteiger charge is 2.13. The fraction of sp³-hybridized carbons (Fsp3) is 0.667. The minimum Gasteiger partial charge on any atom is -0.377 e. The van der Waals surface area contributed by atoms with E-state index in [4.69, 9.17) is 4.74 Å². The quantitative estimate of drug-likeness (QED) is 0.791. The summed E-state index contributed by atoms with van der Waals surface area (Å²) in [4.78, 5) is 0. The van der Waals surface area contributed by atoms with Crippen LogP contribution >= 0.6 is 0 Å². The Morgan fingerprint density at radius 1 is 1.05 bits per heavy atom. The van der Waals surface area contributed by atoms with Gasteiger partial charge in [-0.2, -0.15) is 0 Å². The molecule has 0 unspecified atom stereocenters. The highest BCUT2D eigenvalue weighted by Crippen LogP contribution is 2.20. The normalized spacial score (nSPS) is 16.6. The molecule has 0 atom stereocenters. The fourth-order valence-electron chi connectivity index (χ4n) is 3.23. The lowest BCUT2D eigenvalue weighted by Crippen LogP contribution is -2.24. The van der Waals surface area contributed by atoms with Crippen molar-refractivity contribution in [2.24, 2.45) is 0 Å². The van der Waals surface area contributed by atoms with Crippen LogP contribution in [0.4, 0.5) is 0 Å². The molecule has 1 saturated carbocycles. The molecule has 1 aliphatic rings. The molecule has 0 amide bonds. The standard InChI is InChI=1S/C18H29NO/c1-14-11-15(2)18(16(3)12-14)13-19-9-10-20-17-7-5-4-6-8-17/h11-12,17,19H,4-10,13H2,1-3H3. The van der Waals surface area contributed by atoms with E-state index in [1.165, 1.54) is 54.4 Å². The number of rotatable bonds is 6. The average molecular weight is 275 g/mol. The van der Waals surface area contributed by atoms with E-state index < -0.39 is 0 Å². The Morgan fingerprint density at radius 2 is 1.70 bits per heavy atom. The van der Waals surface area contributed by atoms with E-state index in [0.29, 0.717) is 6.10 Å². The van der Waals surface area contributed by atoms with Gasteiger partial charge >= 0.3 is 0 Å². The summed E-state index contributed by atoms with van der Waals surface area (Å²) in [6, 6.07) is 4.53. The summed E-state index contributed by atoms with van der Waals surface area (Å²) in [6.07, 6.45) is 7.13. The van der Waals surface area contributed by atoms with E-state index in [-0.39, 0.29) is 0 Å². The first-order valence-corrected chi connectivity index (χ1v) is 8.06. The zero-order valence-corrected chi connectivity index (χ0v) is 13.3. The van der Waals surface area contributed by atoms with Crippen LogP contribution in [-0.4, -0.2) is 19.3 Å². The topological polar surface area (TPSA) is 21.3 Å². The van der Waals surface area contributed by atoms with Gasteiger partial charge in [0.2, 0.25) is 0 Å². The molecule has 0 radical (unpaired) electrons. The second kappa shape index (κ2) is 7.80. The highest BCUT2D eigenvalue weighted by atomic mass is 16.5. The van der Waals surface area contributed by atoms with Crippen LogP contribution in [0.1, 0.15) is 54.4 Å². The molecule has 1 aliphatic carbocycles. The summed E-state index contributed by atoms with van der Waals surface area (Å²) in [5.74, 6) is 0. The molecule has 0 aromatic heterocycles. The molecule has 0 bridgehead atoms. The van der Waals surface area contributed by atoms with Crippen molar-refractivity contribution < 1.29 is 4.74 Å². The molecule has 0 aliphatic heterocycles. The van der Waals surface area contributed by atoms with Crippen LogP contribution in [0.15, 0.2) is 12.1 Å². The van der Waals surface area contributed by atoms with Crippen LogP contribution in [0.5, 0.6) is 0 Å². The van der Waals surface area contributed by atoms with E-state index in [0.717, 1.165) is 19.7 Å². The summed E-state index contributed by atoms with van der Waals surface area (Å²) in [5, 5.41) is 3.52. The van der Waals surface area contributed by atoms with Crippen molar-refractivity contribution in [1.82, 2.24) is 5.32 Å². The smallest absolute Gasteiger partial charge is 0.0594 e. The third kappa shape index (κ3) is 4.60. The lowest BCUT2D eigenvalue weighted by atomic mass is 9.98. The van der Waals surface area contributed by atoms with Crippen LogP contribution in [0.3, 0.4) is 0 Å². The van der Waals surface area contributed by atoms with Crippen LogP contribution in [0.2, 0.25) is 0 Å². The van der Waals surface area contributed by atoms with Gasteiger partial charge in [-0.25, -0.2) is 0 Å². The number of ether oxygens (including phenoxy) is 1. The monoisotopic (exact) mass is 275 g/mol. The predicted octanol–water partition coefficient (Wildman–Crippen LogP) is 4.05. The third-order valence-corrected chi connectivity index (χ3v) is 4.33. The van der Waals surface area contributed by atoms with Crippen molar-refractivity contribution >= 4 is 0 Å². The van der Waals surface area contributed by atoms with Gasteiger partial charge in [0.15, 0.2) is 0 Å². The first-order chi connectivity index (χ1) is 9.66. The maximum atomic E-state index is 5.94. The number of nitrogens with one attached hydrogen (secondary N) is 1. The predicted molar refractivity (Wildman–Crippen MR) is 85.2 cm³/mol. The number of hydrogen-bond acceptors (Lipinski definition) is 2. The molecule has 2 nitrogen and oxygen atoms in total. The Bertz CT molecular complexity index is 398. The average Bonchev–Trinajstić information content (AvgIpc) is 2.42. The first-order valence-electron chi connectivity index (χ1n) is 8.06. The van der Waals surface area contributed by atoms with E-state index in [1.54, 1.807) is 0 Å². The van der Waals surface area contributed by atoms with Gasteiger partial charge in [-0.05, 0) is 50.3 Å². The molecule has 0 heterocycles.